The van der Waals surface area contributed by atoms with Crippen LogP contribution in [0.25, 0.3) is 11.0 Å². The number of hydrogen-bond donors (Lipinski definition) is 1. The van der Waals surface area contributed by atoms with Gasteiger partial charge in [0.25, 0.3) is 0 Å². The van der Waals surface area contributed by atoms with Crippen molar-refractivity contribution in [1.82, 2.24) is 14.5 Å². The molecule has 0 atom stereocenters. The zero-order chi connectivity index (χ0) is 16.5. The quantitative estimate of drug-likeness (QED) is 0.732. The van der Waals surface area contributed by atoms with Crippen molar-refractivity contribution < 1.29 is 0 Å². The number of fused-ring (bicyclic) bond motifs is 1. The van der Waals surface area contributed by atoms with Gasteiger partial charge in [-0.1, -0.05) is 49.2 Å². The van der Waals surface area contributed by atoms with Crippen LogP contribution in [0.5, 0.6) is 0 Å². The van der Waals surface area contributed by atoms with Gasteiger partial charge >= 0.3 is 0 Å². The molecule has 0 unspecified atom stereocenters. The predicted molar refractivity (Wildman–Crippen MR) is 99.4 cm³/mol. The molecule has 0 radical (unpaired) electrons. The van der Waals surface area contributed by atoms with Gasteiger partial charge in [-0.05, 0) is 31.9 Å². The molecule has 0 aliphatic heterocycles. The monoisotopic (exact) mass is 338 g/mol. The van der Waals surface area contributed by atoms with Gasteiger partial charge in [0.05, 0.1) is 16.1 Å². The SMILES string of the molecule is Cc1ncnc2c(Sc3ccccc3)c(N)n(C3CCCCC3)c12. The molecule has 2 heterocycles. The molecule has 1 aromatic carbocycles. The van der Waals surface area contributed by atoms with E-state index < -0.39 is 0 Å². The van der Waals surface area contributed by atoms with Crippen molar-refractivity contribution in [1.29, 1.82) is 0 Å². The van der Waals surface area contributed by atoms with Crippen molar-refractivity contribution in [2.45, 2.75) is 54.9 Å². The smallest absolute Gasteiger partial charge is 0.120 e. The molecule has 1 fully saturated rings. The third kappa shape index (κ3) is 2.67. The molecule has 4 nitrogen and oxygen atoms in total. The third-order valence-electron chi connectivity index (χ3n) is 4.86. The molecule has 0 spiro atoms. The van der Waals surface area contributed by atoms with Crippen LogP contribution in [0.1, 0.15) is 43.8 Å². The molecule has 24 heavy (non-hydrogen) atoms. The molecule has 2 N–H and O–H groups in total. The van der Waals surface area contributed by atoms with E-state index >= 15 is 0 Å². The van der Waals surface area contributed by atoms with Gasteiger partial charge < -0.3 is 10.3 Å². The van der Waals surface area contributed by atoms with Gasteiger partial charge in [-0.2, -0.15) is 0 Å². The minimum absolute atomic E-state index is 0.469. The first kappa shape index (κ1) is 15.5. The molecular weight excluding hydrogens is 316 g/mol. The lowest BCUT2D eigenvalue weighted by atomic mass is 9.95. The summed E-state index contributed by atoms with van der Waals surface area (Å²) in [6.45, 7) is 2.06. The number of nitrogens with zero attached hydrogens (tertiary/aromatic N) is 3. The van der Waals surface area contributed by atoms with E-state index in [0.29, 0.717) is 6.04 Å². The van der Waals surface area contributed by atoms with Crippen LogP contribution in [-0.4, -0.2) is 14.5 Å². The van der Waals surface area contributed by atoms with E-state index in [4.69, 9.17) is 5.73 Å². The van der Waals surface area contributed by atoms with Gasteiger partial charge in [0, 0.05) is 10.9 Å². The Kier molecular flexibility index (Phi) is 4.19. The molecule has 0 bridgehead atoms. The number of hydrogen-bond acceptors (Lipinski definition) is 4. The Bertz CT molecular complexity index is 851. The largest absolute Gasteiger partial charge is 0.384 e. The molecule has 1 saturated carbocycles. The number of rotatable bonds is 3. The Hall–Kier alpha value is -2.01. The molecular formula is C19H22N4S. The number of aryl methyl sites for hydroxylation is 1. The number of nitrogens with two attached hydrogens (primary N) is 1. The van der Waals surface area contributed by atoms with Gasteiger partial charge in [0.1, 0.15) is 17.7 Å². The summed E-state index contributed by atoms with van der Waals surface area (Å²) in [5.41, 5.74) is 9.75. The molecule has 1 aliphatic rings. The van der Waals surface area contributed by atoms with Crippen molar-refractivity contribution in [3.8, 4) is 0 Å². The molecule has 4 rings (SSSR count). The van der Waals surface area contributed by atoms with Crippen molar-refractivity contribution in [2.24, 2.45) is 0 Å². The maximum Gasteiger partial charge on any atom is 0.120 e. The minimum atomic E-state index is 0.469. The fourth-order valence-corrected chi connectivity index (χ4v) is 4.68. The van der Waals surface area contributed by atoms with Crippen molar-refractivity contribution in [3.63, 3.8) is 0 Å². The Morgan fingerprint density at radius 1 is 1.08 bits per heavy atom. The van der Waals surface area contributed by atoms with Gasteiger partial charge in [-0.3, -0.25) is 0 Å². The molecule has 0 amide bonds. The van der Waals surface area contributed by atoms with E-state index in [-0.39, 0.29) is 0 Å². The van der Waals surface area contributed by atoms with E-state index in [9.17, 15) is 0 Å². The second kappa shape index (κ2) is 6.48. The molecule has 5 heteroatoms. The maximum absolute atomic E-state index is 6.64. The van der Waals surface area contributed by atoms with Crippen LogP contribution in [0.2, 0.25) is 0 Å². The Morgan fingerprint density at radius 3 is 2.58 bits per heavy atom. The van der Waals surface area contributed by atoms with Crippen LogP contribution in [-0.2, 0) is 0 Å². The Balaban J connectivity index is 1.87. The standard InChI is InChI=1S/C19H22N4S/c1-13-17-16(22-12-21-13)18(24-15-10-6-3-7-11-15)19(20)23(17)14-8-4-2-5-9-14/h3,6-7,10-12,14H,2,4-5,8-9,20H2,1H3. The Morgan fingerprint density at radius 2 is 1.83 bits per heavy atom. The van der Waals surface area contributed by atoms with Crippen LogP contribution >= 0.6 is 11.8 Å². The van der Waals surface area contributed by atoms with Crippen molar-refractivity contribution >= 4 is 28.6 Å². The summed E-state index contributed by atoms with van der Waals surface area (Å²) in [5, 5.41) is 0. The topological polar surface area (TPSA) is 56.7 Å². The number of anilines is 1. The molecule has 1 aliphatic carbocycles. The second-order valence-corrected chi connectivity index (χ2v) is 7.53. The highest BCUT2D eigenvalue weighted by Gasteiger charge is 2.25. The van der Waals surface area contributed by atoms with Crippen LogP contribution in [0.15, 0.2) is 46.5 Å². The van der Waals surface area contributed by atoms with E-state index in [1.807, 2.05) is 6.07 Å². The zero-order valence-corrected chi connectivity index (χ0v) is 14.7. The van der Waals surface area contributed by atoms with E-state index in [2.05, 4.69) is 45.7 Å². The summed E-state index contributed by atoms with van der Waals surface area (Å²) in [7, 11) is 0. The fourth-order valence-electron chi connectivity index (χ4n) is 3.70. The second-order valence-electron chi connectivity index (χ2n) is 6.45. The fraction of sp³-hybridized carbons (Fsp3) is 0.368. The first-order chi connectivity index (χ1) is 11.8. The Labute approximate surface area is 146 Å². The minimum Gasteiger partial charge on any atom is -0.384 e. The number of aromatic nitrogens is 3. The predicted octanol–water partition coefficient (Wildman–Crippen LogP) is 4.98. The van der Waals surface area contributed by atoms with E-state index in [1.54, 1.807) is 18.1 Å². The normalized spacial score (nSPS) is 15.9. The maximum atomic E-state index is 6.64. The first-order valence-electron chi connectivity index (χ1n) is 8.59. The average Bonchev–Trinajstić information content (AvgIpc) is 2.90. The molecule has 0 saturated heterocycles. The van der Waals surface area contributed by atoms with Crippen molar-refractivity contribution in [2.75, 3.05) is 5.73 Å². The summed E-state index contributed by atoms with van der Waals surface area (Å²) in [5.74, 6) is 0.842. The van der Waals surface area contributed by atoms with Gasteiger partial charge in [-0.25, -0.2) is 9.97 Å². The summed E-state index contributed by atoms with van der Waals surface area (Å²) < 4.78 is 2.31. The van der Waals surface area contributed by atoms with E-state index in [0.717, 1.165) is 27.4 Å². The number of benzene rings is 1. The molecule has 124 valence electrons. The summed E-state index contributed by atoms with van der Waals surface area (Å²) in [6.07, 6.45) is 7.92. The first-order valence-corrected chi connectivity index (χ1v) is 9.41. The highest BCUT2D eigenvalue weighted by atomic mass is 32.2. The van der Waals surface area contributed by atoms with E-state index in [1.165, 1.54) is 37.0 Å². The summed E-state index contributed by atoms with van der Waals surface area (Å²) >= 11 is 1.70. The van der Waals surface area contributed by atoms with Crippen LogP contribution in [0, 0.1) is 6.92 Å². The number of nitrogen functional groups attached to an aromatic ring is 1. The molecule has 3 aromatic rings. The van der Waals surface area contributed by atoms with Crippen LogP contribution in [0.3, 0.4) is 0 Å². The van der Waals surface area contributed by atoms with Crippen LogP contribution in [0.4, 0.5) is 5.82 Å². The zero-order valence-electron chi connectivity index (χ0n) is 13.9. The van der Waals surface area contributed by atoms with Crippen molar-refractivity contribution in [3.05, 3.63) is 42.4 Å². The lowest BCUT2D eigenvalue weighted by Gasteiger charge is -2.25. The molecule has 2 aromatic heterocycles. The summed E-state index contributed by atoms with van der Waals surface area (Å²) in [4.78, 5) is 11.3. The summed E-state index contributed by atoms with van der Waals surface area (Å²) in [6, 6.07) is 10.8. The average molecular weight is 338 g/mol. The lowest BCUT2D eigenvalue weighted by Crippen LogP contribution is -2.15. The highest BCUT2D eigenvalue weighted by Crippen LogP contribution is 2.43. The van der Waals surface area contributed by atoms with Gasteiger partial charge in [0.2, 0.25) is 0 Å². The van der Waals surface area contributed by atoms with Crippen LogP contribution < -0.4 is 5.73 Å². The highest BCUT2D eigenvalue weighted by molar-refractivity contribution is 7.99. The lowest BCUT2D eigenvalue weighted by molar-refractivity contribution is 0.363. The third-order valence-corrected chi connectivity index (χ3v) is 5.97. The van der Waals surface area contributed by atoms with Gasteiger partial charge in [0.15, 0.2) is 0 Å². The van der Waals surface area contributed by atoms with Gasteiger partial charge in [-0.15, -0.1) is 0 Å².